The first-order valence-electron chi connectivity index (χ1n) is 11.8. The number of nitrogens with two attached hydrogens (primary N) is 1. The fraction of sp³-hybridized carbons (Fsp3) is 0.346. The van der Waals surface area contributed by atoms with Gasteiger partial charge in [0.1, 0.15) is 5.82 Å². The van der Waals surface area contributed by atoms with Crippen molar-refractivity contribution in [2.75, 3.05) is 52.2 Å². The van der Waals surface area contributed by atoms with Crippen molar-refractivity contribution in [1.29, 1.82) is 0 Å². The molecule has 0 aliphatic carbocycles. The minimum absolute atomic E-state index is 0.142. The molecule has 1 aromatic carbocycles. The van der Waals surface area contributed by atoms with Gasteiger partial charge in [-0.05, 0) is 42.1 Å². The number of aromatic nitrogens is 2. The first-order chi connectivity index (χ1) is 16.9. The second kappa shape index (κ2) is 11.2. The molecule has 35 heavy (non-hydrogen) atoms. The van der Waals surface area contributed by atoms with Crippen molar-refractivity contribution >= 4 is 34.6 Å². The lowest BCUT2D eigenvalue weighted by molar-refractivity contribution is -0.126. The number of nitrogens with one attached hydrogen (secondary N) is 2. The molecule has 0 spiro atoms. The highest BCUT2D eigenvalue weighted by atomic mass is 16.5. The van der Waals surface area contributed by atoms with E-state index in [-0.39, 0.29) is 23.7 Å². The number of rotatable bonds is 8. The van der Waals surface area contributed by atoms with Crippen molar-refractivity contribution in [2.45, 2.75) is 13.0 Å². The molecule has 0 radical (unpaired) electrons. The van der Waals surface area contributed by atoms with Crippen molar-refractivity contribution in [3.8, 4) is 0 Å². The third-order valence-corrected chi connectivity index (χ3v) is 6.35. The van der Waals surface area contributed by atoms with Gasteiger partial charge in [0, 0.05) is 56.7 Å². The Hall–Kier alpha value is -3.69. The minimum atomic E-state index is -0.283. The number of amides is 2. The van der Waals surface area contributed by atoms with Crippen LogP contribution in [-0.2, 0) is 9.53 Å². The zero-order valence-electron chi connectivity index (χ0n) is 20.2. The average molecular weight is 477 g/mol. The van der Waals surface area contributed by atoms with Crippen LogP contribution in [0.15, 0.2) is 48.7 Å². The van der Waals surface area contributed by atoms with E-state index in [2.05, 4.69) is 26.3 Å². The van der Waals surface area contributed by atoms with Gasteiger partial charge in [0.05, 0.1) is 24.8 Å². The highest BCUT2D eigenvalue weighted by Crippen LogP contribution is 2.23. The first-order valence-corrected chi connectivity index (χ1v) is 11.8. The molecular weight excluding hydrogens is 444 g/mol. The molecule has 2 aromatic heterocycles. The van der Waals surface area contributed by atoms with E-state index in [1.165, 1.54) is 6.08 Å². The maximum Gasteiger partial charge on any atom is 0.255 e. The third-order valence-electron chi connectivity index (χ3n) is 6.35. The maximum atomic E-state index is 12.8. The number of benzene rings is 1. The highest BCUT2D eigenvalue weighted by Gasteiger charge is 2.18. The van der Waals surface area contributed by atoms with Crippen molar-refractivity contribution in [3.63, 3.8) is 0 Å². The van der Waals surface area contributed by atoms with Gasteiger partial charge in [0.15, 0.2) is 0 Å². The zero-order chi connectivity index (χ0) is 24.8. The molecule has 1 saturated heterocycles. The molecule has 4 N–H and O–H groups in total. The molecule has 1 fully saturated rings. The number of nitrogens with zero attached hydrogens (tertiary/aromatic N) is 3. The van der Waals surface area contributed by atoms with E-state index in [1.807, 2.05) is 31.2 Å². The van der Waals surface area contributed by atoms with Gasteiger partial charge in [-0.1, -0.05) is 18.2 Å². The second-order valence-corrected chi connectivity index (χ2v) is 8.68. The monoisotopic (exact) mass is 476 g/mol. The molecule has 0 saturated carbocycles. The topological polar surface area (TPSA) is 117 Å². The van der Waals surface area contributed by atoms with Crippen molar-refractivity contribution in [2.24, 2.45) is 0 Å². The molecule has 1 unspecified atom stereocenters. The Morgan fingerprint density at radius 2 is 2.06 bits per heavy atom. The predicted octanol–water partition coefficient (Wildman–Crippen LogP) is 2.44. The summed E-state index contributed by atoms with van der Waals surface area (Å²) >= 11 is 0. The van der Waals surface area contributed by atoms with E-state index in [0.717, 1.165) is 36.2 Å². The lowest BCUT2D eigenvalue weighted by Crippen LogP contribution is -2.41. The zero-order valence-corrected chi connectivity index (χ0v) is 20.2. The van der Waals surface area contributed by atoms with E-state index in [4.69, 9.17) is 10.5 Å². The highest BCUT2D eigenvalue weighted by molar-refractivity contribution is 5.99. The Morgan fingerprint density at radius 3 is 2.83 bits per heavy atom. The van der Waals surface area contributed by atoms with Crippen LogP contribution in [0.2, 0.25) is 0 Å². The number of carbonyl (C=O) groups is 2. The minimum Gasteiger partial charge on any atom is -0.383 e. The van der Waals surface area contributed by atoms with Gasteiger partial charge in [-0.3, -0.25) is 14.5 Å². The number of likely N-dealkylation sites (N-methyl/N-ethyl adjacent to an activating group) is 1. The number of hydrogen-bond donors (Lipinski definition) is 3. The number of H-pyrrole nitrogens is 1. The SMILES string of the molecule is CC(c1cc2ccccc2[nH]1)N(C)C(=O)C=Cc1cnc(N)c(C(=O)NCCN2CCOCC2)c1. The van der Waals surface area contributed by atoms with Crippen LogP contribution in [0, 0.1) is 0 Å². The van der Waals surface area contributed by atoms with E-state index < -0.39 is 0 Å². The van der Waals surface area contributed by atoms with Crippen LogP contribution >= 0.6 is 0 Å². The smallest absolute Gasteiger partial charge is 0.255 e. The van der Waals surface area contributed by atoms with E-state index in [1.54, 1.807) is 30.3 Å². The van der Waals surface area contributed by atoms with Crippen LogP contribution in [-0.4, -0.2) is 78.0 Å². The number of para-hydroxylation sites is 1. The van der Waals surface area contributed by atoms with Crippen LogP contribution in [0.1, 0.15) is 34.6 Å². The average Bonchev–Trinajstić information content (AvgIpc) is 3.32. The molecule has 4 rings (SSSR count). The molecule has 2 amide bonds. The summed E-state index contributed by atoms with van der Waals surface area (Å²) in [5.41, 5.74) is 8.85. The summed E-state index contributed by atoms with van der Waals surface area (Å²) in [4.78, 5) is 36.9. The van der Waals surface area contributed by atoms with Crippen molar-refractivity contribution < 1.29 is 14.3 Å². The Bertz CT molecular complexity index is 1180. The number of morpholine rings is 1. The van der Waals surface area contributed by atoms with Crippen LogP contribution in [0.4, 0.5) is 5.82 Å². The van der Waals surface area contributed by atoms with Gasteiger partial charge in [0.25, 0.3) is 5.91 Å². The number of carbonyl (C=O) groups excluding carboxylic acids is 2. The number of anilines is 1. The molecule has 0 bridgehead atoms. The molecular formula is C26H32N6O3. The van der Waals surface area contributed by atoms with Crippen LogP contribution in [0.25, 0.3) is 17.0 Å². The Balaban J connectivity index is 1.36. The summed E-state index contributed by atoms with van der Waals surface area (Å²) in [5.74, 6) is -0.291. The lowest BCUT2D eigenvalue weighted by atomic mass is 10.1. The Kier molecular flexibility index (Phi) is 7.79. The largest absolute Gasteiger partial charge is 0.383 e. The van der Waals surface area contributed by atoms with Gasteiger partial charge < -0.3 is 25.7 Å². The quantitative estimate of drug-likeness (QED) is 0.430. The standard InChI is InChI=1S/C26H32N6O3/c1-18(23-16-20-5-3-4-6-22(20)30-23)31(2)24(33)8-7-19-15-21(25(27)29-17-19)26(34)28-9-10-32-11-13-35-14-12-32/h3-8,15-18,30H,9-14H2,1-2H3,(H2,27,29)(H,28,34). The van der Waals surface area contributed by atoms with Crippen molar-refractivity contribution in [3.05, 3.63) is 65.5 Å². The molecule has 1 aliphatic rings. The molecule has 3 aromatic rings. The lowest BCUT2D eigenvalue weighted by Gasteiger charge is -2.26. The van der Waals surface area contributed by atoms with Crippen LogP contribution in [0.5, 0.6) is 0 Å². The fourth-order valence-corrected chi connectivity index (χ4v) is 4.02. The fourth-order valence-electron chi connectivity index (χ4n) is 4.02. The normalized spacial score (nSPS) is 15.4. The molecule has 9 heteroatoms. The van der Waals surface area contributed by atoms with E-state index in [9.17, 15) is 9.59 Å². The number of fused-ring (bicyclic) bond motifs is 1. The summed E-state index contributed by atoms with van der Waals surface area (Å²) in [6, 6.07) is 11.6. The van der Waals surface area contributed by atoms with Gasteiger partial charge in [-0.2, -0.15) is 0 Å². The van der Waals surface area contributed by atoms with Crippen LogP contribution in [0.3, 0.4) is 0 Å². The molecule has 9 nitrogen and oxygen atoms in total. The number of hydrogen-bond acceptors (Lipinski definition) is 6. The third kappa shape index (κ3) is 6.06. The van der Waals surface area contributed by atoms with Gasteiger partial charge in [0.2, 0.25) is 5.91 Å². The Labute approximate surface area is 204 Å². The summed E-state index contributed by atoms with van der Waals surface area (Å²) in [7, 11) is 1.76. The first kappa shape index (κ1) is 24.4. The van der Waals surface area contributed by atoms with Crippen LogP contribution < -0.4 is 11.1 Å². The molecule has 1 atom stereocenters. The maximum absolute atomic E-state index is 12.8. The molecule has 3 heterocycles. The summed E-state index contributed by atoms with van der Waals surface area (Å²) < 4.78 is 5.34. The van der Waals surface area contributed by atoms with Gasteiger partial charge >= 0.3 is 0 Å². The summed E-state index contributed by atoms with van der Waals surface area (Å²) in [5, 5.41) is 4.00. The number of aromatic amines is 1. The number of ether oxygens (including phenoxy) is 1. The van der Waals surface area contributed by atoms with Crippen molar-refractivity contribution in [1.82, 2.24) is 25.1 Å². The predicted molar refractivity (Wildman–Crippen MR) is 137 cm³/mol. The molecule has 1 aliphatic heterocycles. The van der Waals surface area contributed by atoms with Gasteiger partial charge in [-0.25, -0.2) is 4.98 Å². The van der Waals surface area contributed by atoms with Gasteiger partial charge in [-0.15, -0.1) is 0 Å². The number of nitrogen functional groups attached to an aromatic ring is 1. The number of pyridine rings is 1. The summed E-state index contributed by atoms with van der Waals surface area (Å²) in [6.07, 6.45) is 4.67. The second-order valence-electron chi connectivity index (χ2n) is 8.68. The Morgan fingerprint density at radius 1 is 1.29 bits per heavy atom. The summed E-state index contributed by atoms with van der Waals surface area (Å²) in [6.45, 7) is 6.38. The van der Waals surface area contributed by atoms with E-state index in [0.29, 0.717) is 30.9 Å². The van der Waals surface area contributed by atoms with E-state index >= 15 is 0 Å². The molecule has 184 valence electrons.